The van der Waals surface area contributed by atoms with Crippen LogP contribution in [0.3, 0.4) is 0 Å². The van der Waals surface area contributed by atoms with Gasteiger partial charge in [0, 0.05) is 17.3 Å². The van der Waals surface area contributed by atoms with Gasteiger partial charge < -0.3 is 9.84 Å². The first-order valence-electron chi connectivity index (χ1n) is 4.65. The Labute approximate surface area is 103 Å². The van der Waals surface area contributed by atoms with Crippen molar-refractivity contribution in [2.45, 2.75) is 6.42 Å². The summed E-state index contributed by atoms with van der Waals surface area (Å²) in [5.74, 6) is 5.21. The first-order valence-corrected chi connectivity index (χ1v) is 5.77. The van der Waals surface area contributed by atoms with Gasteiger partial charge in [-0.2, -0.15) is 0 Å². The minimum Gasteiger partial charge on any atom is -0.496 e. The summed E-state index contributed by atoms with van der Waals surface area (Å²) < 4.78 is 5.00. The summed E-state index contributed by atoms with van der Waals surface area (Å²) in [5, 5.41) is 9.70. The third-order valence-corrected chi connectivity index (χ3v) is 2.28. The Morgan fingerprint density at radius 3 is 2.88 bits per heavy atom. The molecule has 4 heteroatoms. The number of alkyl halides is 1. The van der Waals surface area contributed by atoms with E-state index in [1.165, 1.54) is 13.2 Å². The van der Waals surface area contributed by atoms with Gasteiger partial charge in [0.05, 0.1) is 7.11 Å². The van der Waals surface area contributed by atoms with Crippen LogP contribution < -0.4 is 4.74 Å². The van der Waals surface area contributed by atoms with Gasteiger partial charge >= 0.3 is 5.97 Å². The molecule has 0 saturated carbocycles. The second-order valence-corrected chi connectivity index (χ2v) is 3.75. The van der Waals surface area contributed by atoms with Crippen LogP contribution in [0.25, 0.3) is 0 Å². The normalized spacial score (nSPS) is 9.12. The van der Waals surface area contributed by atoms with Crippen LogP contribution in [0.2, 0.25) is 0 Å². The Kier molecular flexibility index (Phi) is 4.87. The number of hydrogen-bond acceptors (Lipinski definition) is 2. The molecule has 0 heterocycles. The summed E-state index contributed by atoms with van der Waals surface area (Å²) in [5.41, 5.74) is 0.899. The monoisotopic (exact) mass is 282 g/mol. The van der Waals surface area contributed by atoms with Crippen molar-refractivity contribution >= 4 is 21.9 Å². The molecular weight excluding hydrogens is 272 g/mol. The van der Waals surface area contributed by atoms with Crippen LogP contribution in [0.4, 0.5) is 0 Å². The van der Waals surface area contributed by atoms with Crippen molar-refractivity contribution in [1.29, 1.82) is 0 Å². The van der Waals surface area contributed by atoms with Crippen LogP contribution in [0.15, 0.2) is 18.2 Å². The van der Waals surface area contributed by atoms with Crippen molar-refractivity contribution in [3.05, 3.63) is 29.3 Å². The molecule has 0 bridgehead atoms. The van der Waals surface area contributed by atoms with E-state index in [2.05, 4.69) is 27.8 Å². The molecule has 0 amide bonds. The largest absolute Gasteiger partial charge is 0.496 e. The lowest BCUT2D eigenvalue weighted by molar-refractivity contribution is 0.0693. The minimum absolute atomic E-state index is 0.147. The summed E-state index contributed by atoms with van der Waals surface area (Å²) in [7, 11) is 1.44. The number of aromatic carboxylic acids is 1. The molecule has 1 rings (SSSR count). The van der Waals surface area contributed by atoms with Crippen molar-refractivity contribution in [2.24, 2.45) is 0 Å². The molecule has 1 aromatic rings. The zero-order valence-electron chi connectivity index (χ0n) is 8.79. The lowest BCUT2D eigenvalue weighted by atomic mass is 10.1. The molecule has 1 N–H and O–H groups in total. The number of hydrogen-bond donors (Lipinski definition) is 1. The zero-order chi connectivity index (χ0) is 12.0. The van der Waals surface area contributed by atoms with Crippen molar-refractivity contribution in [3.63, 3.8) is 0 Å². The fourth-order valence-electron chi connectivity index (χ4n) is 1.16. The van der Waals surface area contributed by atoms with Gasteiger partial charge in [-0.15, -0.1) is 0 Å². The summed E-state index contributed by atoms with van der Waals surface area (Å²) in [6, 6.07) is 4.80. The molecule has 16 heavy (non-hydrogen) atoms. The highest BCUT2D eigenvalue weighted by molar-refractivity contribution is 9.09. The fraction of sp³-hybridized carbons (Fsp3) is 0.250. The van der Waals surface area contributed by atoms with Crippen LogP contribution >= 0.6 is 15.9 Å². The number of carboxylic acids is 1. The third-order valence-electron chi connectivity index (χ3n) is 1.88. The highest BCUT2D eigenvalue weighted by atomic mass is 79.9. The number of benzene rings is 1. The molecule has 0 aliphatic heterocycles. The standard InChI is InChI=1S/C12H11BrO3/c1-16-11-8-9(4-2-3-7-13)5-6-10(11)12(14)15/h5-6,8H,3,7H2,1H3,(H,14,15). The van der Waals surface area contributed by atoms with E-state index in [9.17, 15) is 4.79 Å². The van der Waals surface area contributed by atoms with Gasteiger partial charge in [-0.3, -0.25) is 0 Å². The molecule has 0 aliphatic carbocycles. The maximum Gasteiger partial charge on any atom is 0.339 e. The molecule has 84 valence electrons. The lowest BCUT2D eigenvalue weighted by Crippen LogP contribution is -2.00. The molecule has 0 aliphatic rings. The van der Waals surface area contributed by atoms with E-state index in [1.807, 2.05) is 0 Å². The second-order valence-electron chi connectivity index (χ2n) is 2.96. The zero-order valence-corrected chi connectivity index (χ0v) is 10.4. The summed E-state index contributed by atoms with van der Waals surface area (Å²) in [6.07, 6.45) is 0.753. The van der Waals surface area contributed by atoms with Gasteiger partial charge in [-0.1, -0.05) is 27.8 Å². The van der Waals surface area contributed by atoms with Gasteiger partial charge in [0.15, 0.2) is 0 Å². The molecule has 3 nitrogen and oxygen atoms in total. The first-order chi connectivity index (χ1) is 7.69. The van der Waals surface area contributed by atoms with Crippen molar-refractivity contribution < 1.29 is 14.6 Å². The number of ether oxygens (including phenoxy) is 1. The number of methoxy groups -OCH3 is 1. The van der Waals surface area contributed by atoms with Crippen LogP contribution in [-0.4, -0.2) is 23.5 Å². The van der Waals surface area contributed by atoms with E-state index in [-0.39, 0.29) is 5.56 Å². The molecule has 0 saturated heterocycles. The van der Waals surface area contributed by atoms with Gasteiger partial charge in [0.1, 0.15) is 11.3 Å². The molecule has 0 atom stereocenters. The SMILES string of the molecule is COc1cc(C#CCCBr)ccc1C(=O)O. The second kappa shape index (κ2) is 6.19. The number of carboxylic acid groups (broad SMARTS) is 1. The highest BCUT2D eigenvalue weighted by Gasteiger charge is 2.10. The topological polar surface area (TPSA) is 46.5 Å². The number of rotatable bonds is 3. The van der Waals surface area contributed by atoms with Gasteiger partial charge in [0.2, 0.25) is 0 Å². The van der Waals surface area contributed by atoms with Crippen LogP contribution in [0.5, 0.6) is 5.75 Å². The quantitative estimate of drug-likeness (QED) is 0.685. The fourth-order valence-corrected chi connectivity index (χ4v) is 1.36. The molecule has 0 fully saturated rings. The smallest absolute Gasteiger partial charge is 0.339 e. The predicted octanol–water partition coefficient (Wildman–Crippen LogP) is 2.53. The van der Waals surface area contributed by atoms with Crippen LogP contribution in [0, 0.1) is 11.8 Å². The summed E-state index contributed by atoms with van der Waals surface area (Å²) in [6.45, 7) is 0. The lowest BCUT2D eigenvalue weighted by Gasteiger charge is -2.04. The average Bonchev–Trinajstić information content (AvgIpc) is 2.29. The average molecular weight is 283 g/mol. The summed E-state index contributed by atoms with van der Waals surface area (Å²) in [4.78, 5) is 10.8. The van der Waals surface area contributed by atoms with E-state index >= 15 is 0 Å². The predicted molar refractivity (Wildman–Crippen MR) is 65.2 cm³/mol. The maximum atomic E-state index is 10.8. The Morgan fingerprint density at radius 1 is 1.56 bits per heavy atom. The Morgan fingerprint density at radius 2 is 2.31 bits per heavy atom. The molecule has 0 aromatic heterocycles. The Hall–Kier alpha value is -1.47. The first kappa shape index (κ1) is 12.6. The molecule has 0 spiro atoms. The van der Waals surface area contributed by atoms with Crippen LogP contribution in [-0.2, 0) is 0 Å². The number of halogens is 1. The van der Waals surface area contributed by atoms with E-state index in [1.54, 1.807) is 12.1 Å². The van der Waals surface area contributed by atoms with Gasteiger partial charge in [0.25, 0.3) is 0 Å². The summed E-state index contributed by atoms with van der Waals surface area (Å²) >= 11 is 3.28. The van der Waals surface area contributed by atoms with E-state index in [0.717, 1.165) is 17.3 Å². The molecular formula is C12H11BrO3. The molecule has 0 radical (unpaired) electrons. The van der Waals surface area contributed by atoms with Crippen LogP contribution in [0.1, 0.15) is 22.3 Å². The van der Waals surface area contributed by atoms with Crippen molar-refractivity contribution in [3.8, 4) is 17.6 Å². The molecule has 1 aromatic carbocycles. The van der Waals surface area contributed by atoms with Gasteiger partial charge in [-0.25, -0.2) is 4.79 Å². The van der Waals surface area contributed by atoms with E-state index < -0.39 is 5.97 Å². The molecule has 0 unspecified atom stereocenters. The Bertz CT molecular complexity index is 443. The van der Waals surface area contributed by atoms with Crippen molar-refractivity contribution in [1.82, 2.24) is 0 Å². The third kappa shape index (κ3) is 3.28. The van der Waals surface area contributed by atoms with Crippen molar-refractivity contribution in [2.75, 3.05) is 12.4 Å². The van der Waals surface area contributed by atoms with E-state index in [4.69, 9.17) is 9.84 Å². The minimum atomic E-state index is -1.00. The number of carbonyl (C=O) groups is 1. The van der Waals surface area contributed by atoms with Gasteiger partial charge in [-0.05, 0) is 18.2 Å². The Balaban J connectivity index is 3.01. The highest BCUT2D eigenvalue weighted by Crippen LogP contribution is 2.19. The van der Waals surface area contributed by atoms with E-state index in [0.29, 0.717) is 5.75 Å². The maximum absolute atomic E-state index is 10.8.